The van der Waals surface area contributed by atoms with Crippen LogP contribution in [-0.4, -0.2) is 35.8 Å². The maximum Gasteiger partial charge on any atom is 0.293 e. The SMILES string of the molecule is CCOc1ccccc1/C=C1\SC(=O)N(CCOc2ccc(Cl)cc2)C1=O. The first-order valence-electron chi connectivity index (χ1n) is 8.44. The fourth-order valence-corrected chi connectivity index (χ4v) is 3.49. The van der Waals surface area contributed by atoms with E-state index in [1.54, 1.807) is 30.3 Å². The van der Waals surface area contributed by atoms with E-state index < -0.39 is 0 Å². The normalized spacial score (nSPS) is 15.5. The van der Waals surface area contributed by atoms with Crippen molar-refractivity contribution >= 4 is 40.6 Å². The predicted octanol–water partition coefficient (Wildman–Crippen LogP) is 4.85. The van der Waals surface area contributed by atoms with Crippen LogP contribution in [0.3, 0.4) is 0 Å². The van der Waals surface area contributed by atoms with Gasteiger partial charge in [-0.15, -0.1) is 0 Å². The summed E-state index contributed by atoms with van der Waals surface area (Å²) in [5.74, 6) is 0.987. The Morgan fingerprint density at radius 2 is 1.81 bits per heavy atom. The third-order valence-electron chi connectivity index (χ3n) is 3.78. The van der Waals surface area contributed by atoms with E-state index in [4.69, 9.17) is 21.1 Å². The number of hydrogen-bond donors (Lipinski definition) is 0. The maximum atomic E-state index is 12.6. The van der Waals surface area contributed by atoms with E-state index in [0.717, 1.165) is 17.3 Å². The van der Waals surface area contributed by atoms with Gasteiger partial charge in [0.15, 0.2) is 0 Å². The molecule has 0 bridgehead atoms. The van der Waals surface area contributed by atoms with Gasteiger partial charge < -0.3 is 9.47 Å². The van der Waals surface area contributed by atoms with Crippen LogP contribution in [0, 0.1) is 0 Å². The van der Waals surface area contributed by atoms with Crippen molar-refractivity contribution in [2.75, 3.05) is 19.8 Å². The van der Waals surface area contributed by atoms with Crippen molar-refractivity contribution in [3.63, 3.8) is 0 Å². The standard InChI is InChI=1S/C20H18ClNO4S/c1-2-25-17-6-4-3-5-14(17)13-18-19(23)22(20(24)27-18)11-12-26-16-9-7-15(21)8-10-16/h3-10,13H,2,11-12H2,1H3/b18-13-. The molecule has 1 aliphatic heterocycles. The fourth-order valence-electron chi connectivity index (χ4n) is 2.51. The zero-order valence-electron chi connectivity index (χ0n) is 14.7. The van der Waals surface area contributed by atoms with E-state index in [1.165, 1.54) is 4.90 Å². The summed E-state index contributed by atoms with van der Waals surface area (Å²) >= 11 is 6.75. The molecule has 2 aromatic rings. The smallest absolute Gasteiger partial charge is 0.293 e. The van der Waals surface area contributed by atoms with Crippen molar-refractivity contribution in [3.05, 3.63) is 64.0 Å². The molecule has 0 unspecified atom stereocenters. The van der Waals surface area contributed by atoms with Crippen LogP contribution in [-0.2, 0) is 4.79 Å². The monoisotopic (exact) mass is 403 g/mol. The molecule has 0 aliphatic carbocycles. The molecular weight excluding hydrogens is 386 g/mol. The first kappa shape index (κ1) is 19.3. The Bertz CT molecular complexity index is 867. The second-order valence-corrected chi connectivity index (χ2v) is 7.04. The summed E-state index contributed by atoms with van der Waals surface area (Å²) in [6.07, 6.45) is 1.69. The summed E-state index contributed by atoms with van der Waals surface area (Å²) in [5.41, 5.74) is 0.766. The number of rotatable bonds is 7. The third-order valence-corrected chi connectivity index (χ3v) is 4.94. The van der Waals surface area contributed by atoms with Crippen LogP contribution in [0.25, 0.3) is 6.08 Å². The number of ether oxygens (including phenoxy) is 2. The van der Waals surface area contributed by atoms with Gasteiger partial charge >= 0.3 is 0 Å². The number of carbonyl (C=O) groups excluding carboxylic acids is 2. The van der Waals surface area contributed by atoms with Crippen LogP contribution in [0.5, 0.6) is 11.5 Å². The van der Waals surface area contributed by atoms with Crippen molar-refractivity contribution in [2.45, 2.75) is 6.92 Å². The molecule has 1 saturated heterocycles. The second-order valence-electron chi connectivity index (χ2n) is 5.61. The van der Waals surface area contributed by atoms with Gasteiger partial charge in [-0.25, -0.2) is 0 Å². The minimum Gasteiger partial charge on any atom is -0.493 e. The number of amides is 2. The molecule has 0 spiro atoms. The number of benzene rings is 2. The number of halogens is 1. The van der Waals surface area contributed by atoms with Crippen molar-refractivity contribution in [1.29, 1.82) is 0 Å². The molecule has 1 heterocycles. The second kappa shape index (κ2) is 8.97. The summed E-state index contributed by atoms with van der Waals surface area (Å²) in [6.45, 7) is 2.81. The molecule has 2 amide bonds. The van der Waals surface area contributed by atoms with Gasteiger partial charge in [0.1, 0.15) is 18.1 Å². The highest BCUT2D eigenvalue weighted by Gasteiger charge is 2.34. The van der Waals surface area contributed by atoms with Crippen LogP contribution in [0.2, 0.25) is 5.02 Å². The number of nitrogens with zero attached hydrogens (tertiary/aromatic N) is 1. The highest BCUT2D eigenvalue weighted by molar-refractivity contribution is 8.18. The predicted molar refractivity (Wildman–Crippen MR) is 107 cm³/mol. The quantitative estimate of drug-likeness (QED) is 0.618. The molecule has 3 rings (SSSR count). The number of hydrogen-bond acceptors (Lipinski definition) is 5. The zero-order valence-corrected chi connectivity index (χ0v) is 16.3. The molecule has 5 nitrogen and oxygen atoms in total. The molecular formula is C20H18ClNO4S. The van der Waals surface area contributed by atoms with E-state index in [9.17, 15) is 9.59 Å². The lowest BCUT2D eigenvalue weighted by Crippen LogP contribution is -2.32. The van der Waals surface area contributed by atoms with E-state index in [1.807, 2.05) is 31.2 Å². The Hall–Kier alpha value is -2.44. The summed E-state index contributed by atoms with van der Waals surface area (Å²) < 4.78 is 11.1. The number of carbonyl (C=O) groups is 2. The highest BCUT2D eigenvalue weighted by Crippen LogP contribution is 2.33. The average Bonchev–Trinajstić information content (AvgIpc) is 2.92. The van der Waals surface area contributed by atoms with E-state index in [-0.39, 0.29) is 24.3 Å². The van der Waals surface area contributed by atoms with Gasteiger partial charge in [-0.3, -0.25) is 14.5 Å². The molecule has 0 N–H and O–H groups in total. The van der Waals surface area contributed by atoms with Gasteiger partial charge in [0.05, 0.1) is 18.1 Å². The van der Waals surface area contributed by atoms with Gasteiger partial charge in [-0.05, 0) is 55.1 Å². The largest absolute Gasteiger partial charge is 0.493 e. The van der Waals surface area contributed by atoms with Crippen molar-refractivity contribution < 1.29 is 19.1 Å². The molecule has 2 aromatic carbocycles. The average molecular weight is 404 g/mol. The summed E-state index contributed by atoms with van der Waals surface area (Å²) in [7, 11) is 0. The molecule has 140 valence electrons. The summed E-state index contributed by atoms with van der Waals surface area (Å²) in [6, 6.07) is 14.3. The Kier molecular flexibility index (Phi) is 6.42. The van der Waals surface area contributed by atoms with Crippen molar-refractivity contribution in [3.8, 4) is 11.5 Å². The van der Waals surface area contributed by atoms with Crippen LogP contribution in [0.4, 0.5) is 4.79 Å². The molecule has 27 heavy (non-hydrogen) atoms. The van der Waals surface area contributed by atoms with E-state index in [0.29, 0.717) is 28.0 Å². The van der Waals surface area contributed by atoms with Crippen LogP contribution in [0.1, 0.15) is 12.5 Å². The molecule has 0 atom stereocenters. The van der Waals surface area contributed by atoms with Crippen LogP contribution in [0.15, 0.2) is 53.4 Å². The molecule has 0 saturated carbocycles. The van der Waals surface area contributed by atoms with Crippen LogP contribution >= 0.6 is 23.4 Å². The Morgan fingerprint density at radius 1 is 1.07 bits per heavy atom. The number of imide groups is 1. The Labute approximate surface area is 166 Å². The summed E-state index contributed by atoms with van der Waals surface area (Å²) in [5, 5.41) is 0.311. The molecule has 0 radical (unpaired) electrons. The third kappa shape index (κ3) is 4.84. The van der Waals surface area contributed by atoms with Crippen molar-refractivity contribution in [1.82, 2.24) is 4.90 Å². The van der Waals surface area contributed by atoms with E-state index in [2.05, 4.69) is 0 Å². The first-order valence-corrected chi connectivity index (χ1v) is 9.63. The van der Waals surface area contributed by atoms with Gasteiger partial charge in [0.25, 0.3) is 11.1 Å². The maximum absolute atomic E-state index is 12.6. The highest BCUT2D eigenvalue weighted by atomic mass is 35.5. The lowest BCUT2D eigenvalue weighted by Gasteiger charge is -2.13. The number of thioether (sulfide) groups is 1. The lowest BCUT2D eigenvalue weighted by atomic mass is 10.2. The minimum atomic E-state index is -0.323. The molecule has 1 aliphatic rings. The van der Waals surface area contributed by atoms with E-state index >= 15 is 0 Å². The van der Waals surface area contributed by atoms with Crippen molar-refractivity contribution in [2.24, 2.45) is 0 Å². The number of para-hydroxylation sites is 1. The first-order chi connectivity index (χ1) is 13.1. The molecule has 7 heteroatoms. The zero-order chi connectivity index (χ0) is 19.2. The Morgan fingerprint density at radius 3 is 2.56 bits per heavy atom. The fraction of sp³-hybridized carbons (Fsp3) is 0.200. The summed E-state index contributed by atoms with van der Waals surface area (Å²) in [4.78, 5) is 26.3. The van der Waals surface area contributed by atoms with Gasteiger partial charge in [-0.2, -0.15) is 0 Å². The molecule has 0 aromatic heterocycles. The van der Waals surface area contributed by atoms with Gasteiger partial charge in [0, 0.05) is 10.6 Å². The molecule has 1 fully saturated rings. The lowest BCUT2D eigenvalue weighted by molar-refractivity contribution is -0.123. The minimum absolute atomic E-state index is 0.178. The van der Waals surface area contributed by atoms with Gasteiger partial charge in [0.2, 0.25) is 0 Å². The Balaban J connectivity index is 1.65. The van der Waals surface area contributed by atoms with Gasteiger partial charge in [-0.1, -0.05) is 29.8 Å². The topological polar surface area (TPSA) is 55.8 Å². The van der Waals surface area contributed by atoms with Crippen LogP contribution < -0.4 is 9.47 Å².